The SMILES string of the molecule is COc1cc(C(CC(=O)NCC2(Cc3nc4ccccc4[nH]3)CCCCC2)c2oc(C)cc(=O)c2O)ccc1O. The summed E-state index contributed by atoms with van der Waals surface area (Å²) < 4.78 is 11.0. The van der Waals surface area contributed by atoms with Gasteiger partial charge in [-0.15, -0.1) is 0 Å². The van der Waals surface area contributed by atoms with Crippen LogP contribution in [0.5, 0.6) is 17.2 Å². The molecule has 0 aliphatic heterocycles. The Morgan fingerprint density at radius 2 is 1.93 bits per heavy atom. The molecule has 5 rings (SSSR count). The van der Waals surface area contributed by atoms with Gasteiger partial charge in [-0.3, -0.25) is 9.59 Å². The van der Waals surface area contributed by atoms with Crippen molar-refractivity contribution in [3.8, 4) is 17.2 Å². The smallest absolute Gasteiger partial charge is 0.227 e. The largest absolute Gasteiger partial charge is 0.504 e. The molecule has 9 heteroatoms. The van der Waals surface area contributed by atoms with E-state index in [1.807, 2.05) is 24.3 Å². The summed E-state index contributed by atoms with van der Waals surface area (Å²) in [5, 5.41) is 23.9. The fraction of sp³-hybridized carbons (Fsp3) is 0.387. The van der Waals surface area contributed by atoms with Crippen LogP contribution < -0.4 is 15.5 Å². The first-order valence-corrected chi connectivity index (χ1v) is 13.7. The summed E-state index contributed by atoms with van der Waals surface area (Å²) in [5.41, 5.74) is 1.78. The molecule has 40 heavy (non-hydrogen) atoms. The van der Waals surface area contributed by atoms with Crippen LogP contribution in [0.2, 0.25) is 0 Å². The number of aromatic nitrogens is 2. The van der Waals surface area contributed by atoms with Crippen molar-refractivity contribution in [2.75, 3.05) is 13.7 Å². The van der Waals surface area contributed by atoms with Crippen LogP contribution >= 0.6 is 0 Å². The number of aromatic hydroxyl groups is 2. The van der Waals surface area contributed by atoms with E-state index >= 15 is 0 Å². The molecule has 9 nitrogen and oxygen atoms in total. The van der Waals surface area contributed by atoms with E-state index in [2.05, 4.69) is 10.3 Å². The quantitative estimate of drug-likeness (QED) is 0.230. The van der Waals surface area contributed by atoms with Gasteiger partial charge in [0.25, 0.3) is 0 Å². The molecule has 4 aromatic rings. The lowest BCUT2D eigenvalue weighted by molar-refractivity contribution is -0.122. The van der Waals surface area contributed by atoms with Crippen molar-refractivity contribution in [1.29, 1.82) is 0 Å². The molecule has 2 aromatic heterocycles. The van der Waals surface area contributed by atoms with Gasteiger partial charge in [-0.1, -0.05) is 37.5 Å². The number of H-pyrrole nitrogens is 1. The van der Waals surface area contributed by atoms with Gasteiger partial charge in [-0.2, -0.15) is 0 Å². The summed E-state index contributed by atoms with van der Waals surface area (Å²) in [6.45, 7) is 2.10. The van der Waals surface area contributed by atoms with Gasteiger partial charge in [-0.25, -0.2) is 4.98 Å². The molecule has 0 spiro atoms. The number of nitrogens with one attached hydrogen (secondary N) is 2. The normalized spacial score (nSPS) is 15.6. The van der Waals surface area contributed by atoms with E-state index < -0.39 is 17.1 Å². The maximum Gasteiger partial charge on any atom is 0.227 e. The lowest BCUT2D eigenvalue weighted by Crippen LogP contribution is -2.41. The molecule has 1 aliphatic rings. The minimum atomic E-state index is -0.778. The Hall–Kier alpha value is -4.27. The minimum absolute atomic E-state index is 0.00236. The maximum atomic E-state index is 13.5. The van der Waals surface area contributed by atoms with Gasteiger partial charge in [-0.05, 0) is 55.0 Å². The van der Waals surface area contributed by atoms with Crippen molar-refractivity contribution in [2.45, 2.75) is 57.8 Å². The number of phenols is 1. The number of amides is 1. The van der Waals surface area contributed by atoms with E-state index in [1.54, 1.807) is 19.1 Å². The number of imidazole rings is 1. The van der Waals surface area contributed by atoms with E-state index in [-0.39, 0.29) is 35.0 Å². The molecule has 0 radical (unpaired) electrons. The molecule has 0 bridgehead atoms. The monoisotopic (exact) mass is 545 g/mol. The number of benzene rings is 2. The molecule has 1 atom stereocenters. The van der Waals surface area contributed by atoms with Gasteiger partial charge in [0.1, 0.15) is 11.6 Å². The molecule has 2 heterocycles. The fourth-order valence-electron chi connectivity index (χ4n) is 5.84. The van der Waals surface area contributed by atoms with Gasteiger partial charge in [0.2, 0.25) is 17.1 Å². The zero-order valence-corrected chi connectivity index (χ0v) is 22.8. The first-order valence-electron chi connectivity index (χ1n) is 13.7. The van der Waals surface area contributed by atoms with Crippen molar-refractivity contribution in [3.05, 3.63) is 81.7 Å². The first kappa shape index (κ1) is 27.3. The lowest BCUT2D eigenvalue weighted by Gasteiger charge is -2.37. The van der Waals surface area contributed by atoms with E-state index in [0.717, 1.165) is 49.0 Å². The van der Waals surface area contributed by atoms with Gasteiger partial charge in [0.05, 0.1) is 24.1 Å². The van der Waals surface area contributed by atoms with Crippen LogP contribution in [-0.2, 0) is 11.2 Å². The lowest BCUT2D eigenvalue weighted by atomic mass is 9.71. The minimum Gasteiger partial charge on any atom is -0.504 e. The summed E-state index contributed by atoms with van der Waals surface area (Å²) in [5.74, 6) is -0.168. The topological polar surface area (TPSA) is 138 Å². The Morgan fingerprint density at radius 1 is 1.15 bits per heavy atom. The second-order valence-corrected chi connectivity index (χ2v) is 10.8. The zero-order chi connectivity index (χ0) is 28.3. The van der Waals surface area contributed by atoms with Crippen LogP contribution in [0.25, 0.3) is 11.0 Å². The standard InChI is InChI=1S/C31H35N3O6/c1-19-14-25(36)29(38)30(40-19)21(20-10-11-24(35)26(15-20)39-2)16-28(37)32-18-31(12-6-3-7-13-31)17-27-33-22-8-4-5-9-23(22)34-27/h4-5,8-11,14-15,21,35,38H,3,6-7,12-13,16-18H2,1-2H3,(H,32,37)(H,33,34). The predicted octanol–water partition coefficient (Wildman–Crippen LogP) is 5.08. The average molecular weight is 546 g/mol. The van der Waals surface area contributed by atoms with Crippen molar-refractivity contribution in [3.63, 3.8) is 0 Å². The van der Waals surface area contributed by atoms with Crippen LogP contribution in [0.4, 0.5) is 0 Å². The third-order valence-corrected chi connectivity index (χ3v) is 7.94. The van der Waals surface area contributed by atoms with Gasteiger partial charge in [0, 0.05) is 25.5 Å². The summed E-state index contributed by atoms with van der Waals surface area (Å²) in [4.78, 5) is 34.1. The summed E-state index contributed by atoms with van der Waals surface area (Å²) >= 11 is 0. The number of phenolic OH excluding ortho intramolecular Hbond substituents is 1. The second kappa shape index (κ2) is 11.5. The fourth-order valence-corrected chi connectivity index (χ4v) is 5.84. The molecule has 4 N–H and O–H groups in total. The molecule has 1 aliphatic carbocycles. The molecule has 0 saturated heterocycles. The number of nitrogens with zero attached hydrogens (tertiary/aromatic N) is 1. The van der Waals surface area contributed by atoms with Gasteiger partial charge >= 0.3 is 0 Å². The van der Waals surface area contributed by atoms with Crippen LogP contribution in [-0.4, -0.2) is 39.7 Å². The molecule has 2 aromatic carbocycles. The molecule has 210 valence electrons. The van der Waals surface area contributed by atoms with E-state index in [1.165, 1.54) is 25.7 Å². The number of para-hydroxylation sites is 2. The second-order valence-electron chi connectivity index (χ2n) is 10.8. The number of carbonyl (C=O) groups excluding carboxylic acids is 1. The molecule has 1 amide bonds. The maximum absolute atomic E-state index is 13.5. The molecule has 1 saturated carbocycles. The van der Waals surface area contributed by atoms with Crippen LogP contribution in [0.15, 0.2) is 57.7 Å². The third kappa shape index (κ3) is 5.83. The Morgan fingerprint density at radius 3 is 2.67 bits per heavy atom. The highest BCUT2D eigenvalue weighted by atomic mass is 16.5. The number of hydrogen-bond donors (Lipinski definition) is 4. The van der Waals surface area contributed by atoms with E-state index in [0.29, 0.717) is 17.9 Å². The van der Waals surface area contributed by atoms with Crippen molar-refractivity contribution >= 4 is 16.9 Å². The van der Waals surface area contributed by atoms with Crippen LogP contribution in [0.3, 0.4) is 0 Å². The molecule has 1 fully saturated rings. The number of methoxy groups -OCH3 is 1. The summed E-state index contributed by atoms with van der Waals surface area (Å²) in [6, 6.07) is 13.8. The van der Waals surface area contributed by atoms with Gasteiger partial charge in [0.15, 0.2) is 17.3 Å². The highest BCUT2D eigenvalue weighted by molar-refractivity contribution is 5.78. The Kier molecular flexibility index (Phi) is 7.82. The van der Waals surface area contributed by atoms with Crippen molar-refractivity contribution in [1.82, 2.24) is 15.3 Å². The highest BCUT2D eigenvalue weighted by Crippen LogP contribution is 2.40. The van der Waals surface area contributed by atoms with Gasteiger partial charge < -0.3 is 29.7 Å². The third-order valence-electron chi connectivity index (χ3n) is 7.94. The Bertz CT molecular complexity index is 1530. The van der Waals surface area contributed by atoms with Crippen LogP contribution in [0.1, 0.15) is 67.4 Å². The van der Waals surface area contributed by atoms with E-state index in [4.69, 9.17) is 14.1 Å². The molecular formula is C31H35N3O6. The number of rotatable bonds is 9. The Labute approximate surface area is 232 Å². The summed E-state index contributed by atoms with van der Waals surface area (Å²) in [6.07, 6.45) is 5.98. The predicted molar refractivity (Wildman–Crippen MR) is 151 cm³/mol. The Balaban J connectivity index is 1.39. The van der Waals surface area contributed by atoms with Crippen LogP contribution in [0, 0.1) is 12.3 Å². The number of aryl methyl sites for hydroxylation is 1. The first-order chi connectivity index (χ1) is 19.3. The van der Waals surface area contributed by atoms with E-state index in [9.17, 15) is 19.8 Å². The van der Waals surface area contributed by atoms with Crippen molar-refractivity contribution in [2.24, 2.45) is 5.41 Å². The summed E-state index contributed by atoms with van der Waals surface area (Å²) in [7, 11) is 1.43. The zero-order valence-electron chi connectivity index (χ0n) is 22.8. The number of hydrogen-bond acceptors (Lipinski definition) is 7. The number of carbonyl (C=O) groups is 1. The van der Waals surface area contributed by atoms with Crippen molar-refractivity contribution < 1.29 is 24.2 Å². The molecule has 1 unspecified atom stereocenters. The average Bonchev–Trinajstić information content (AvgIpc) is 3.35. The molecular weight excluding hydrogens is 510 g/mol. The number of fused-ring (bicyclic) bond motifs is 1. The highest BCUT2D eigenvalue weighted by Gasteiger charge is 2.34. The number of ether oxygens (including phenoxy) is 1. The number of aromatic amines is 1.